The molecule has 1 aliphatic rings. The van der Waals surface area contributed by atoms with Crippen molar-refractivity contribution < 1.29 is 5.11 Å². The van der Waals surface area contributed by atoms with Gasteiger partial charge in [-0.1, -0.05) is 35.5 Å². The SMILES string of the molecule is Nc1ncnc2c1ncn2CN1C[C@H](c2cn(Cc3ccccc3)nn2)[C@@H](O)C1. The molecule has 0 aliphatic carbocycles. The van der Waals surface area contributed by atoms with Crippen LogP contribution in [0.4, 0.5) is 5.82 Å². The number of fused-ring (bicyclic) bond motifs is 1. The van der Waals surface area contributed by atoms with Crippen LogP contribution >= 0.6 is 0 Å². The van der Waals surface area contributed by atoms with Gasteiger partial charge >= 0.3 is 0 Å². The van der Waals surface area contributed by atoms with E-state index in [2.05, 4.69) is 42.3 Å². The van der Waals surface area contributed by atoms with Gasteiger partial charge in [0.1, 0.15) is 11.8 Å². The van der Waals surface area contributed by atoms with Crippen molar-refractivity contribution in [2.24, 2.45) is 0 Å². The van der Waals surface area contributed by atoms with E-state index >= 15 is 0 Å². The summed E-state index contributed by atoms with van der Waals surface area (Å²) < 4.78 is 3.72. The van der Waals surface area contributed by atoms with E-state index in [0.29, 0.717) is 43.3 Å². The highest BCUT2D eigenvalue weighted by Gasteiger charge is 2.34. The Labute approximate surface area is 166 Å². The lowest BCUT2D eigenvalue weighted by atomic mass is 10.0. The third kappa shape index (κ3) is 3.43. The van der Waals surface area contributed by atoms with Crippen molar-refractivity contribution in [3.05, 3.63) is 60.4 Å². The van der Waals surface area contributed by atoms with Crippen LogP contribution in [0, 0.1) is 0 Å². The van der Waals surface area contributed by atoms with Gasteiger partial charge in [0.2, 0.25) is 0 Å². The molecule has 3 aromatic heterocycles. The summed E-state index contributed by atoms with van der Waals surface area (Å²) in [6.07, 6.45) is 4.55. The second-order valence-corrected chi connectivity index (χ2v) is 7.32. The molecule has 0 bridgehead atoms. The molecule has 148 valence electrons. The minimum atomic E-state index is -0.508. The lowest BCUT2D eigenvalue weighted by Crippen LogP contribution is -2.24. The zero-order chi connectivity index (χ0) is 19.8. The molecule has 4 heterocycles. The Bertz CT molecular complexity index is 1120. The Morgan fingerprint density at radius 2 is 1.97 bits per heavy atom. The molecule has 10 nitrogen and oxygen atoms in total. The van der Waals surface area contributed by atoms with Crippen molar-refractivity contribution in [3.8, 4) is 0 Å². The third-order valence-electron chi connectivity index (χ3n) is 5.27. The van der Waals surface area contributed by atoms with Crippen LogP contribution in [0.15, 0.2) is 49.2 Å². The van der Waals surface area contributed by atoms with Gasteiger partial charge in [-0.2, -0.15) is 0 Å². The molecule has 0 unspecified atom stereocenters. The Morgan fingerprint density at radius 1 is 1.10 bits per heavy atom. The minimum absolute atomic E-state index is 0.0889. The van der Waals surface area contributed by atoms with Crippen LogP contribution in [0.3, 0.4) is 0 Å². The molecule has 1 aliphatic heterocycles. The highest BCUT2D eigenvalue weighted by atomic mass is 16.3. The Balaban J connectivity index is 1.29. The average molecular weight is 391 g/mol. The van der Waals surface area contributed by atoms with Crippen LogP contribution in [0.2, 0.25) is 0 Å². The third-order valence-corrected chi connectivity index (χ3v) is 5.27. The van der Waals surface area contributed by atoms with E-state index < -0.39 is 6.10 Å². The molecule has 0 saturated carbocycles. The van der Waals surface area contributed by atoms with Crippen LogP contribution < -0.4 is 5.73 Å². The van der Waals surface area contributed by atoms with Gasteiger partial charge in [-0.05, 0) is 5.56 Å². The molecule has 2 atom stereocenters. The first kappa shape index (κ1) is 17.7. The Morgan fingerprint density at radius 3 is 2.83 bits per heavy atom. The molecular formula is C19H21N9O. The zero-order valence-corrected chi connectivity index (χ0v) is 15.7. The summed E-state index contributed by atoms with van der Waals surface area (Å²) in [6.45, 7) is 2.42. The molecule has 29 heavy (non-hydrogen) atoms. The Hall–Kier alpha value is -3.37. The normalized spacial score (nSPS) is 19.9. The number of nitrogens with zero attached hydrogens (tertiary/aromatic N) is 8. The predicted molar refractivity (Wildman–Crippen MR) is 106 cm³/mol. The molecule has 0 spiro atoms. The fraction of sp³-hybridized carbons (Fsp3) is 0.316. The number of likely N-dealkylation sites (tertiary alicyclic amines) is 1. The van der Waals surface area contributed by atoms with Crippen molar-refractivity contribution in [3.63, 3.8) is 0 Å². The standard InChI is InChI=1S/C19H21N9O/c20-18-17-19(22-10-21-18)27(11-23-17)12-26-7-14(16(29)9-26)15-8-28(25-24-15)6-13-4-2-1-3-5-13/h1-5,8,10-11,14,16,29H,6-7,9,12H2,(H2,20,21,22)/t14-,16+/m1/s1. The number of anilines is 1. The van der Waals surface area contributed by atoms with Gasteiger partial charge < -0.3 is 15.4 Å². The number of β-amino-alcohol motifs (C(OH)–C–C–N with tert-alkyl or cyclic N) is 1. The predicted octanol–water partition coefficient (Wildman–Crippen LogP) is 0.466. The highest BCUT2D eigenvalue weighted by molar-refractivity contribution is 5.81. The van der Waals surface area contributed by atoms with Gasteiger partial charge in [-0.15, -0.1) is 5.10 Å². The van der Waals surface area contributed by atoms with Crippen molar-refractivity contribution in [1.29, 1.82) is 0 Å². The number of imidazole rings is 1. The number of nitrogen functional groups attached to an aromatic ring is 1. The van der Waals surface area contributed by atoms with Crippen LogP contribution in [-0.4, -0.2) is 63.7 Å². The minimum Gasteiger partial charge on any atom is -0.391 e. The highest BCUT2D eigenvalue weighted by Crippen LogP contribution is 2.27. The maximum absolute atomic E-state index is 10.6. The molecule has 1 fully saturated rings. The molecule has 1 saturated heterocycles. The fourth-order valence-electron chi connectivity index (χ4n) is 3.82. The van der Waals surface area contributed by atoms with Gasteiger partial charge in [0.25, 0.3) is 0 Å². The van der Waals surface area contributed by atoms with Crippen LogP contribution in [0.1, 0.15) is 17.2 Å². The first-order valence-corrected chi connectivity index (χ1v) is 9.43. The van der Waals surface area contributed by atoms with Crippen molar-refractivity contribution in [2.45, 2.75) is 25.2 Å². The van der Waals surface area contributed by atoms with Crippen LogP contribution in [0.25, 0.3) is 11.2 Å². The van der Waals surface area contributed by atoms with Gasteiger partial charge in [-0.25, -0.2) is 19.6 Å². The largest absolute Gasteiger partial charge is 0.391 e. The van der Waals surface area contributed by atoms with Gasteiger partial charge in [0.15, 0.2) is 11.5 Å². The smallest absolute Gasteiger partial charge is 0.166 e. The number of nitrogens with two attached hydrogens (primary N) is 1. The number of hydrogen-bond donors (Lipinski definition) is 2. The molecule has 0 radical (unpaired) electrons. The Kier molecular flexibility index (Phi) is 4.41. The van der Waals surface area contributed by atoms with Crippen molar-refractivity contribution >= 4 is 17.0 Å². The number of benzene rings is 1. The summed E-state index contributed by atoms with van der Waals surface area (Å²) >= 11 is 0. The van der Waals surface area contributed by atoms with Crippen LogP contribution in [-0.2, 0) is 13.2 Å². The number of aliphatic hydroxyl groups excluding tert-OH is 1. The lowest BCUT2D eigenvalue weighted by molar-refractivity contribution is 0.156. The van der Waals surface area contributed by atoms with Gasteiger partial charge in [0.05, 0.1) is 31.3 Å². The molecule has 0 amide bonds. The summed E-state index contributed by atoms with van der Waals surface area (Å²) in [5, 5.41) is 19.1. The van der Waals surface area contributed by atoms with Crippen molar-refractivity contribution in [1.82, 2.24) is 39.4 Å². The van der Waals surface area contributed by atoms with E-state index in [-0.39, 0.29) is 5.92 Å². The van der Waals surface area contributed by atoms with E-state index in [1.165, 1.54) is 6.33 Å². The lowest BCUT2D eigenvalue weighted by Gasteiger charge is -2.15. The summed E-state index contributed by atoms with van der Waals surface area (Å²) in [4.78, 5) is 14.7. The number of aromatic nitrogens is 7. The van der Waals surface area contributed by atoms with E-state index in [9.17, 15) is 5.11 Å². The molecule has 3 N–H and O–H groups in total. The maximum Gasteiger partial charge on any atom is 0.166 e. The number of aliphatic hydroxyl groups is 1. The molecule has 5 rings (SSSR count). The van der Waals surface area contributed by atoms with Crippen molar-refractivity contribution in [2.75, 3.05) is 18.8 Å². The fourth-order valence-corrected chi connectivity index (χ4v) is 3.82. The van der Waals surface area contributed by atoms with E-state index in [0.717, 1.165) is 11.3 Å². The summed E-state index contributed by atoms with van der Waals surface area (Å²) in [5.41, 5.74) is 9.09. The maximum atomic E-state index is 10.6. The number of rotatable bonds is 5. The molecule has 4 aromatic rings. The van der Waals surface area contributed by atoms with Gasteiger partial charge in [-0.3, -0.25) is 4.90 Å². The van der Waals surface area contributed by atoms with Gasteiger partial charge in [0, 0.05) is 25.2 Å². The zero-order valence-electron chi connectivity index (χ0n) is 15.7. The second kappa shape index (κ2) is 7.22. The molecular weight excluding hydrogens is 370 g/mol. The summed E-state index contributed by atoms with van der Waals surface area (Å²) in [5.74, 6) is 0.275. The first-order valence-electron chi connectivity index (χ1n) is 9.43. The monoisotopic (exact) mass is 391 g/mol. The first-order chi connectivity index (χ1) is 14.2. The molecule has 1 aromatic carbocycles. The summed E-state index contributed by atoms with van der Waals surface area (Å²) in [6, 6.07) is 10.1. The van der Waals surface area contributed by atoms with E-state index in [4.69, 9.17) is 5.73 Å². The average Bonchev–Trinajstić information content (AvgIpc) is 3.43. The topological polar surface area (TPSA) is 124 Å². The quantitative estimate of drug-likeness (QED) is 0.503. The van der Waals surface area contributed by atoms with Crippen LogP contribution in [0.5, 0.6) is 0 Å². The number of hydrogen-bond acceptors (Lipinski definition) is 8. The second-order valence-electron chi connectivity index (χ2n) is 7.32. The molecule has 10 heteroatoms. The van der Waals surface area contributed by atoms with E-state index in [1.807, 2.05) is 33.6 Å². The summed E-state index contributed by atoms with van der Waals surface area (Å²) in [7, 11) is 0. The van der Waals surface area contributed by atoms with E-state index in [1.54, 1.807) is 6.33 Å².